The smallest absolute Gasteiger partial charge is 0.183 e. The van der Waals surface area contributed by atoms with E-state index in [0.717, 1.165) is 181 Å². The molecule has 0 amide bonds. The van der Waals surface area contributed by atoms with Gasteiger partial charge in [0.15, 0.2) is 63.6 Å². The predicted molar refractivity (Wildman–Crippen MR) is 588 cm³/mol. The van der Waals surface area contributed by atoms with E-state index in [9.17, 15) is 0 Å². The summed E-state index contributed by atoms with van der Waals surface area (Å²) in [6.07, 6.45) is 5.36. The Hall–Kier alpha value is -19.9. The topological polar surface area (TPSA) is 194 Å². The van der Waals surface area contributed by atoms with Gasteiger partial charge in [0.1, 0.15) is 33.5 Å². The Kier molecular flexibility index (Phi) is 20.9. The SMILES string of the molecule is c1ccc(-c2ccc(-c3ccc(-c4nc(-c5ccccc5)nc(-c5cccc6oc7cc8ccccc8nc7c56)n4)cc3)cc2)cc1.c1ccc2cc(-c3nc(-c4ccc(-c5cccc6ccccc56)cc4)nc(-c4cncc5oc6cc7ccccc7cc6c45)n3)ccc2c1.c1ccc2cc(-c3nc(-c4ccc(-c5cccc6ccccc56)cc4)nc(-c4nccc5oc6cc7ccccc7cc6c45)n3)ccc2c1. The Balaban J connectivity index is 0.000000108. The van der Waals surface area contributed by atoms with E-state index in [1.54, 1.807) is 12.4 Å². The van der Waals surface area contributed by atoms with E-state index in [2.05, 4.69) is 339 Å². The monoisotopic (exact) mass is 1850 g/mol. The normalized spacial score (nSPS) is 11.6. The molecule has 145 heavy (non-hydrogen) atoms. The van der Waals surface area contributed by atoms with Gasteiger partial charge in [0, 0.05) is 78.4 Å². The first kappa shape index (κ1) is 84.4. The van der Waals surface area contributed by atoms with Crippen LogP contribution in [0.25, 0.3) is 289 Å². The molecule has 0 bridgehead atoms. The van der Waals surface area contributed by atoms with Crippen LogP contribution >= 0.6 is 0 Å². The third kappa shape index (κ3) is 15.9. The first-order valence-electron chi connectivity index (χ1n) is 48.1. The number of hydrogen-bond donors (Lipinski definition) is 0. The Morgan fingerprint density at radius 3 is 1.01 bits per heavy atom. The van der Waals surface area contributed by atoms with Crippen molar-refractivity contribution < 1.29 is 13.3 Å². The van der Waals surface area contributed by atoms with Crippen LogP contribution in [0.2, 0.25) is 0 Å². The van der Waals surface area contributed by atoms with Crippen molar-refractivity contribution >= 4 is 141 Å². The van der Waals surface area contributed by atoms with E-state index in [-0.39, 0.29) is 0 Å². The maximum atomic E-state index is 6.38. The third-order valence-electron chi connectivity index (χ3n) is 27.3. The van der Waals surface area contributed by atoms with Gasteiger partial charge in [-0.05, 0) is 170 Å². The lowest BCUT2D eigenvalue weighted by atomic mass is 9.97. The number of pyridine rings is 3. The van der Waals surface area contributed by atoms with Gasteiger partial charge in [0.25, 0.3) is 0 Å². The van der Waals surface area contributed by atoms with Crippen molar-refractivity contribution in [1.29, 1.82) is 0 Å². The number of rotatable bonds is 13. The fraction of sp³-hybridized carbons (Fsp3) is 0. The minimum atomic E-state index is 0.493. The fourth-order valence-electron chi connectivity index (χ4n) is 20.0. The summed E-state index contributed by atoms with van der Waals surface area (Å²) in [5.74, 6) is 5.16. The summed E-state index contributed by atoms with van der Waals surface area (Å²) in [6, 6.07) is 157. The highest BCUT2D eigenvalue weighted by atomic mass is 16.3. The average Bonchev–Trinajstić information content (AvgIpc) is 1.08. The molecule has 0 saturated heterocycles. The van der Waals surface area contributed by atoms with Crippen LogP contribution in [0, 0.1) is 0 Å². The summed E-state index contributed by atoms with van der Waals surface area (Å²) >= 11 is 0. The number of furan rings is 3. The number of para-hydroxylation sites is 1. The number of benzene rings is 20. The molecule has 0 aliphatic rings. The molecule has 20 aromatic carbocycles. The lowest BCUT2D eigenvalue weighted by molar-refractivity contribution is 0.667. The molecule has 0 spiro atoms. The fourth-order valence-corrected chi connectivity index (χ4v) is 20.0. The first-order chi connectivity index (χ1) is 71.8. The highest BCUT2D eigenvalue weighted by Gasteiger charge is 2.26. The second-order valence-corrected chi connectivity index (χ2v) is 36.1. The summed E-state index contributed by atoms with van der Waals surface area (Å²) in [5.41, 5.74) is 23.3. The van der Waals surface area contributed by atoms with Gasteiger partial charge in [0.2, 0.25) is 0 Å². The lowest BCUT2D eigenvalue weighted by Crippen LogP contribution is -2.01. The number of nitrogens with zero attached hydrogens (tertiary/aromatic N) is 12. The zero-order valence-corrected chi connectivity index (χ0v) is 77.6. The van der Waals surface area contributed by atoms with Crippen LogP contribution in [0.4, 0.5) is 0 Å². The second-order valence-electron chi connectivity index (χ2n) is 36.1. The average molecular weight is 1860 g/mol. The molecule has 9 aromatic heterocycles. The molecule has 0 fully saturated rings. The van der Waals surface area contributed by atoms with Crippen LogP contribution < -0.4 is 0 Å². The highest BCUT2D eigenvalue weighted by Crippen LogP contribution is 2.45. The summed E-state index contributed by atoms with van der Waals surface area (Å²) in [7, 11) is 0. The minimum Gasteiger partial charge on any atom is -0.456 e. The van der Waals surface area contributed by atoms with Crippen molar-refractivity contribution in [2.75, 3.05) is 0 Å². The molecule has 29 rings (SSSR count). The number of hydrogen-bond acceptors (Lipinski definition) is 15. The zero-order chi connectivity index (χ0) is 95.8. The molecule has 15 nitrogen and oxygen atoms in total. The van der Waals surface area contributed by atoms with Crippen LogP contribution in [-0.4, -0.2) is 59.8 Å². The molecule has 0 unspecified atom stereocenters. The van der Waals surface area contributed by atoms with Crippen molar-refractivity contribution in [3.63, 3.8) is 0 Å². The van der Waals surface area contributed by atoms with Gasteiger partial charge in [-0.1, -0.05) is 394 Å². The van der Waals surface area contributed by atoms with Crippen molar-refractivity contribution in [3.8, 4) is 147 Å². The maximum Gasteiger partial charge on any atom is 0.183 e. The summed E-state index contributed by atoms with van der Waals surface area (Å²) in [6.45, 7) is 0. The molecule has 676 valence electrons. The van der Waals surface area contributed by atoms with Gasteiger partial charge in [-0.3, -0.25) is 9.97 Å². The summed E-state index contributed by atoms with van der Waals surface area (Å²) in [4.78, 5) is 60.0. The Labute approximate surface area is 829 Å². The number of fused-ring (bicyclic) bond motifs is 16. The molecule has 0 aliphatic heterocycles. The van der Waals surface area contributed by atoms with Crippen LogP contribution in [0.1, 0.15) is 0 Å². The highest BCUT2D eigenvalue weighted by molar-refractivity contribution is 6.17. The maximum absolute atomic E-state index is 6.38. The van der Waals surface area contributed by atoms with E-state index in [0.29, 0.717) is 63.7 Å². The molecular formula is C130H78N12O3. The molecule has 0 radical (unpaired) electrons. The summed E-state index contributed by atoms with van der Waals surface area (Å²) < 4.78 is 19.0. The molecule has 0 atom stereocenters. The molecule has 0 saturated carbocycles. The second kappa shape index (κ2) is 35.8. The first-order valence-corrected chi connectivity index (χ1v) is 48.1. The van der Waals surface area contributed by atoms with Crippen molar-refractivity contribution in [2.24, 2.45) is 0 Å². The largest absolute Gasteiger partial charge is 0.456 e. The van der Waals surface area contributed by atoms with Gasteiger partial charge < -0.3 is 13.3 Å². The number of aromatic nitrogens is 12. The Morgan fingerprint density at radius 2 is 0.497 bits per heavy atom. The van der Waals surface area contributed by atoms with Gasteiger partial charge in [-0.25, -0.2) is 49.8 Å². The van der Waals surface area contributed by atoms with Crippen molar-refractivity contribution in [3.05, 3.63) is 474 Å². The van der Waals surface area contributed by atoms with Gasteiger partial charge in [0.05, 0.1) is 22.5 Å². The van der Waals surface area contributed by atoms with E-state index in [4.69, 9.17) is 68.1 Å². The Morgan fingerprint density at radius 1 is 0.159 bits per heavy atom. The van der Waals surface area contributed by atoms with E-state index in [1.807, 2.05) is 128 Å². The summed E-state index contributed by atoms with van der Waals surface area (Å²) in [5, 5.41) is 19.7. The van der Waals surface area contributed by atoms with E-state index >= 15 is 0 Å². The van der Waals surface area contributed by atoms with Crippen molar-refractivity contribution in [1.82, 2.24) is 59.8 Å². The lowest BCUT2D eigenvalue weighted by Gasteiger charge is -2.11. The van der Waals surface area contributed by atoms with Crippen LogP contribution in [-0.2, 0) is 0 Å². The quantitative estimate of drug-likeness (QED) is 0.106. The van der Waals surface area contributed by atoms with Gasteiger partial charge in [-0.2, -0.15) is 0 Å². The zero-order valence-electron chi connectivity index (χ0n) is 77.6. The molecular weight excluding hydrogens is 1780 g/mol. The van der Waals surface area contributed by atoms with Gasteiger partial charge >= 0.3 is 0 Å². The van der Waals surface area contributed by atoms with Crippen LogP contribution in [0.15, 0.2) is 487 Å². The molecule has 15 heteroatoms. The molecule has 9 heterocycles. The molecule has 0 N–H and O–H groups in total. The van der Waals surface area contributed by atoms with E-state index in [1.165, 1.54) is 43.8 Å². The Bertz CT molecular complexity index is 9750. The van der Waals surface area contributed by atoms with Crippen molar-refractivity contribution in [2.45, 2.75) is 0 Å². The van der Waals surface area contributed by atoms with Crippen LogP contribution in [0.5, 0.6) is 0 Å². The standard InChI is InChI=1S/2C44H26N4O.C42H26N4O/c1-2-10-31-22-34(21-16-27(31)8-1)43-46-42(30-19-17-29(18-20-30)36-15-7-13-28-9-5-6-14-35(28)36)47-44(48-43)38-25-45-26-40-41(38)37-23-32-11-3-4-12-33(32)24-39(37)49-40;1-2-10-31-24-34(21-16-27(31)8-1)43-46-42(30-19-17-29(18-20-30)36-15-7-13-28-9-5-6-14-35(28)36)47-44(48-43)41-40-37-25-32-11-3-4-12-33(32)26-39(37)49-38(40)22-23-45-41;1-3-10-27(11-4-1)28-18-20-29(21-19-28)30-22-24-32(25-23-30)41-44-40(31-12-5-2-6-13-31)45-42(46-41)34-15-9-17-36-38(34)39-37(47-36)26-33-14-7-8-16-35(33)43-39/h2*1-26H;1-26H. The van der Waals surface area contributed by atoms with E-state index < -0.39 is 0 Å². The third-order valence-corrected chi connectivity index (χ3v) is 27.3. The minimum absolute atomic E-state index is 0.493. The molecule has 29 aromatic rings. The van der Waals surface area contributed by atoms with Crippen LogP contribution in [0.3, 0.4) is 0 Å². The predicted octanol–water partition coefficient (Wildman–Crippen LogP) is 33.2. The van der Waals surface area contributed by atoms with Gasteiger partial charge in [-0.15, -0.1) is 0 Å². The molecule has 0 aliphatic carbocycles.